The highest BCUT2D eigenvalue weighted by molar-refractivity contribution is 6.35. The topological polar surface area (TPSA) is 65.2 Å². The highest BCUT2D eigenvalue weighted by atomic mass is 35.5. The van der Waals surface area contributed by atoms with Gasteiger partial charge in [0.2, 0.25) is 0 Å². The average Bonchev–Trinajstić information content (AvgIpc) is 2.41. The molecule has 1 aromatic carbocycles. The average molecular weight is 277 g/mol. The lowest BCUT2D eigenvalue weighted by atomic mass is 10.0. The van der Waals surface area contributed by atoms with Crippen LogP contribution in [0.1, 0.15) is 16.1 Å². The van der Waals surface area contributed by atoms with Gasteiger partial charge in [-0.25, -0.2) is 9.78 Å². The molecule has 1 aromatic heterocycles. The first-order valence-corrected chi connectivity index (χ1v) is 6.02. The Labute approximate surface area is 116 Å². The van der Waals surface area contributed by atoms with E-state index in [1.165, 1.54) is 7.11 Å². The minimum absolute atomic E-state index is 0.0300. The number of methoxy groups -OCH3 is 1. The maximum atomic E-state index is 11.6. The van der Waals surface area contributed by atoms with E-state index in [1.807, 2.05) is 31.2 Å². The Hall–Kier alpha value is -2.07. The first kappa shape index (κ1) is 13.4. The molecule has 0 spiro atoms. The van der Waals surface area contributed by atoms with Gasteiger partial charge in [0, 0.05) is 5.56 Å². The summed E-state index contributed by atoms with van der Waals surface area (Å²) in [6.45, 7) is 1.96. The number of hydrogen-bond acceptors (Lipinski definition) is 4. The molecule has 0 saturated heterocycles. The summed E-state index contributed by atoms with van der Waals surface area (Å²) in [5, 5.41) is 0.115. The number of pyridine rings is 1. The summed E-state index contributed by atoms with van der Waals surface area (Å²) in [6, 6.07) is 9.34. The summed E-state index contributed by atoms with van der Waals surface area (Å²) in [5.74, 6) is -0.605. The number of nitrogen functional groups attached to an aromatic ring is 1. The number of aromatic nitrogens is 1. The van der Waals surface area contributed by atoms with E-state index in [2.05, 4.69) is 9.72 Å². The van der Waals surface area contributed by atoms with E-state index < -0.39 is 5.97 Å². The number of rotatable bonds is 2. The third-order valence-corrected chi connectivity index (χ3v) is 3.18. The second-order valence-corrected chi connectivity index (χ2v) is 4.44. The molecule has 98 valence electrons. The van der Waals surface area contributed by atoms with Crippen molar-refractivity contribution in [1.82, 2.24) is 4.98 Å². The molecular formula is C14H13ClN2O2. The van der Waals surface area contributed by atoms with Crippen LogP contribution in [0, 0.1) is 6.92 Å². The van der Waals surface area contributed by atoms with Crippen molar-refractivity contribution in [2.75, 3.05) is 12.8 Å². The van der Waals surface area contributed by atoms with Gasteiger partial charge in [-0.05, 0) is 18.6 Å². The summed E-state index contributed by atoms with van der Waals surface area (Å²) in [5.41, 5.74) is 8.68. The van der Waals surface area contributed by atoms with E-state index in [0.29, 0.717) is 11.4 Å². The molecule has 0 fully saturated rings. The lowest BCUT2D eigenvalue weighted by Crippen LogP contribution is -2.08. The number of aryl methyl sites for hydroxylation is 1. The molecule has 0 radical (unpaired) electrons. The second kappa shape index (κ2) is 5.28. The van der Waals surface area contributed by atoms with Crippen LogP contribution >= 0.6 is 11.6 Å². The predicted octanol–water partition coefficient (Wildman–Crippen LogP) is 3.08. The Bertz CT molecular complexity index is 641. The van der Waals surface area contributed by atoms with Crippen LogP contribution in [0.3, 0.4) is 0 Å². The number of halogens is 1. The van der Waals surface area contributed by atoms with Gasteiger partial charge >= 0.3 is 5.97 Å². The number of anilines is 1. The fraction of sp³-hybridized carbons (Fsp3) is 0.143. The van der Waals surface area contributed by atoms with Crippen LogP contribution in [0.2, 0.25) is 5.02 Å². The van der Waals surface area contributed by atoms with Crippen LogP contribution in [0.25, 0.3) is 11.3 Å². The number of hydrogen-bond donors (Lipinski definition) is 1. The normalized spacial score (nSPS) is 10.3. The number of carbonyl (C=O) groups is 1. The van der Waals surface area contributed by atoms with Crippen LogP contribution in [-0.4, -0.2) is 18.1 Å². The first-order chi connectivity index (χ1) is 9.04. The van der Waals surface area contributed by atoms with Crippen LogP contribution in [-0.2, 0) is 4.74 Å². The van der Waals surface area contributed by atoms with Crippen LogP contribution in [0.4, 0.5) is 5.69 Å². The van der Waals surface area contributed by atoms with Crippen molar-refractivity contribution >= 4 is 23.3 Å². The van der Waals surface area contributed by atoms with E-state index >= 15 is 0 Å². The Morgan fingerprint density at radius 2 is 2.05 bits per heavy atom. The van der Waals surface area contributed by atoms with Crippen molar-refractivity contribution in [2.45, 2.75) is 6.92 Å². The van der Waals surface area contributed by atoms with Crippen molar-refractivity contribution in [3.05, 3.63) is 46.6 Å². The molecule has 19 heavy (non-hydrogen) atoms. The van der Waals surface area contributed by atoms with Gasteiger partial charge in [0.05, 0.1) is 23.5 Å². The molecule has 0 saturated carbocycles. The number of nitrogens with two attached hydrogens (primary N) is 1. The van der Waals surface area contributed by atoms with Crippen LogP contribution in [0.5, 0.6) is 0 Å². The van der Waals surface area contributed by atoms with Gasteiger partial charge in [-0.15, -0.1) is 0 Å². The Morgan fingerprint density at radius 1 is 1.37 bits per heavy atom. The smallest absolute Gasteiger partial charge is 0.358 e. The number of carbonyl (C=O) groups excluding carboxylic acids is 1. The van der Waals surface area contributed by atoms with Crippen molar-refractivity contribution < 1.29 is 9.53 Å². The van der Waals surface area contributed by atoms with E-state index in [-0.39, 0.29) is 10.7 Å². The minimum Gasteiger partial charge on any atom is -0.464 e. The minimum atomic E-state index is -0.605. The van der Waals surface area contributed by atoms with Crippen LogP contribution in [0.15, 0.2) is 30.3 Å². The Balaban J connectivity index is 2.64. The van der Waals surface area contributed by atoms with Crippen molar-refractivity contribution in [3.63, 3.8) is 0 Å². The number of nitrogens with zero attached hydrogens (tertiary/aromatic N) is 1. The summed E-state index contributed by atoms with van der Waals surface area (Å²) in [7, 11) is 1.27. The Kier molecular flexibility index (Phi) is 3.71. The van der Waals surface area contributed by atoms with Gasteiger partial charge in [0.25, 0.3) is 0 Å². The zero-order chi connectivity index (χ0) is 14.0. The number of benzene rings is 1. The van der Waals surface area contributed by atoms with Crippen LogP contribution < -0.4 is 5.73 Å². The van der Waals surface area contributed by atoms with E-state index in [1.54, 1.807) is 6.07 Å². The molecule has 2 rings (SSSR count). The Morgan fingerprint density at radius 3 is 2.68 bits per heavy atom. The molecule has 2 N–H and O–H groups in total. The fourth-order valence-electron chi connectivity index (χ4n) is 1.78. The summed E-state index contributed by atoms with van der Waals surface area (Å²) in [4.78, 5) is 15.9. The third kappa shape index (κ3) is 2.53. The molecule has 0 aliphatic carbocycles. The monoisotopic (exact) mass is 276 g/mol. The van der Waals surface area contributed by atoms with E-state index in [0.717, 1.165) is 11.1 Å². The molecule has 0 bridgehead atoms. The van der Waals surface area contributed by atoms with Gasteiger partial charge in [0.15, 0.2) is 5.69 Å². The van der Waals surface area contributed by atoms with Crippen molar-refractivity contribution in [1.29, 1.82) is 0 Å². The molecule has 1 heterocycles. The molecule has 5 heteroatoms. The quantitative estimate of drug-likeness (QED) is 0.856. The maximum Gasteiger partial charge on any atom is 0.358 e. The lowest BCUT2D eigenvalue weighted by Gasteiger charge is -2.10. The van der Waals surface area contributed by atoms with Gasteiger partial charge in [-0.1, -0.05) is 35.9 Å². The maximum absolute atomic E-state index is 11.6. The predicted molar refractivity (Wildman–Crippen MR) is 75.2 cm³/mol. The molecule has 0 unspecified atom stereocenters. The van der Waals surface area contributed by atoms with E-state index in [4.69, 9.17) is 17.3 Å². The summed E-state index contributed by atoms with van der Waals surface area (Å²) < 4.78 is 4.65. The molecule has 0 amide bonds. The zero-order valence-electron chi connectivity index (χ0n) is 10.6. The highest BCUT2D eigenvalue weighted by Gasteiger charge is 2.17. The van der Waals surface area contributed by atoms with Gasteiger partial charge < -0.3 is 10.5 Å². The zero-order valence-corrected chi connectivity index (χ0v) is 11.4. The third-order valence-electron chi connectivity index (χ3n) is 2.79. The number of ether oxygens (including phenoxy) is 1. The van der Waals surface area contributed by atoms with Gasteiger partial charge in [-0.2, -0.15) is 0 Å². The highest BCUT2D eigenvalue weighted by Crippen LogP contribution is 2.29. The molecule has 0 atom stereocenters. The molecule has 0 aliphatic rings. The van der Waals surface area contributed by atoms with Gasteiger partial charge in [-0.3, -0.25) is 0 Å². The summed E-state index contributed by atoms with van der Waals surface area (Å²) >= 11 is 5.98. The standard InChI is InChI=1S/C14H13ClN2O2/c1-8-5-3-4-6-9(8)11-7-10(16)12(15)13(17-11)14(18)19-2/h3-7H,1-2H3,(H2,16,17). The summed E-state index contributed by atoms with van der Waals surface area (Å²) in [6.07, 6.45) is 0. The second-order valence-electron chi connectivity index (χ2n) is 4.07. The first-order valence-electron chi connectivity index (χ1n) is 5.65. The van der Waals surface area contributed by atoms with Crippen molar-refractivity contribution in [2.24, 2.45) is 0 Å². The van der Waals surface area contributed by atoms with Crippen molar-refractivity contribution in [3.8, 4) is 11.3 Å². The van der Waals surface area contributed by atoms with E-state index in [9.17, 15) is 4.79 Å². The molecule has 4 nitrogen and oxygen atoms in total. The fourth-order valence-corrected chi connectivity index (χ4v) is 1.95. The largest absolute Gasteiger partial charge is 0.464 e. The molecule has 0 aliphatic heterocycles. The number of esters is 1. The SMILES string of the molecule is COC(=O)c1nc(-c2ccccc2C)cc(N)c1Cl. The lowest BCUT2D eigenvalue weighted by molar-refractivity contribution is 0.0594. The molecular weight excluding hydrogens is 264 g/mol. The molecule has 2 aromatic rings. The van der Waals surface area contributed by atoms with Gasteiger partial charge in [0.1, 0.15) is 0 Å².